The van der Waals surface area contributed by atoms with Gasteiger partial charge in [0.2, 0.25) is 0 Å². The third-order valence-corrected chi connectivity index (χ3v) is 7.15. The molecule has 5 nitrogen and oxygen atoms in total. The van der Waals surface area contributed by atoms with Crippen molar-refractivity contribution in [2.24, 2.45) is 0 Å². The molecule has 1 atom stereocenters. The fourth-order valence-corrected chi connectivity index (χ4v) is 5.44. The molecule has 176 valence electrons. The molecule has 0 radical (unpaired) electrons. The minimum absolute atomic E-state index is 0.0844. The van der Waals surface area contributed by atoms with Gasteiger partial charge in [0.05, 0.1) is 21.1 Å². The summed E-state index contributed by atoms with van der Waals surface area (Å²) in [4.78, 5) is 25.5. The number of imidazole rings is 1. The first-order chi connectivity index (χ1) is 16.3. The molecule has 3 aromatic heterocycles. The van der Waals surface area contributed by atoms with Gasteiger partial charge in [-0.3, -0.25) is 4.79 Å². The predicted molar refractivity (Wildman–Crippen MR) is 125 cm³/mol. The number of amides is 1. The predicted octanol–water partition coefficient (Wildman–Crippen LogP) is 6.02. The van der Waals surface area contributed by atoms with Gasteiger partial charge in [-0.2, -0.15) is 13.2 Å². The number of fused-ring (bicyclic) bond motifs is 1. The quantitative estimate of drug-likeness (QED) is 0.356. The van der Waals surface area contributed by atoms with Crippen molar-refractivity contribution in [3.8, 4) is 10.4 Å². The van der Waals surface area contributed by atoms with Gasteiger partial charge >= 0.3 is 6.18 Å². The van der Waals surface area contributed by atoms with E-state index < -0.39 is 11.7 Å². The number of benzene rings is 1. The molecule has 1 aliphatic heterocycles. The van der Waals surface area contributed by atoms with Crippen LogP contribution < -0.4 is 0 Å². The van der Waals surface area contributed by atoms with Crippen molar-refractivity contribution in [2.45, 2.75) is 44.8 Å². The highest BCUT2D eigenvalue weighted by atomic mass is 32.1. The molecule has 1 aliphatic rings. The number of carbonyl (C=O) groups excluding carboxylic acids is 1. The van der Waals surface area contributed by atoms with Gasteiger partial charge in [0, 0.05) is 31.4 Å². The van der Waals surface area contributed by atoms with Gasteiger partial charge in [-0.05, 0) is 43.9 Å². The van der Waals surface area contributed by atoms with Crippen molar-refractivity contribution in [3.05, 3.63) is 76.8 Å². The zero-order valence-corrected chi connectivity index (χ0v) is 19.4. The zero-order chi connectivity index (χ0) is 23.9. The minimum Gasteiger partial charge on any atom is -0.334 e. The maximum absolute atomic E-state index is 13.7. The van der Waals surface area contributed by atoms with E-state index in [1.807, 2.05) is 42.2 Å². The molecule has 0 N–H and O–H groups in total. The summed E-state index contributed by atoms with van der Waals surface area (Å²) in [6.07, 6.45) is 1.47. The number of aromatic nitrogens is 3. The van der Waals surface area contributed by atoms with Gasteiger partial charge in [0.1, 0.15) is 11.3 Å². The van der Waals surface area contributed by atoms with Crippen LogP contribution in [0.25, 0.3) is 16.1 Å². The first kappa shape index (κ1) is 22.6. The molecule has 1 saturated heterocycles. The number of likely N-dealkylation sites (tertiary alicyclic amines) is 1. The van der Waals surface area contributed by atoms with Crippen LogP contribution in [-0.2, 0) is 12.6 Å². The molecule has 0 aliphatic carbocycles. The van der Waals surface area contributed by atoms with Gasteiger partial charge in [0.25, 0.3) is 5.91 Å². The molecule has 1 fully saturated rings. The molecule has 4 heterocycles. The highest BCUT2D eigenvalue weighted by Gasteiger charge is 2.33. The lowest BCUT2D eigenvalue weighted by molar-refractivity contribution is -0.137. The maximum Gasteiger partial charge on any atom is 0.417 e. The minimum atomic E-state index is -4.41. The lowest BCUT2D eigenvalue weighted by atomic mass is 9.97. The van der Waals surface area contributed by atoms with E-state index in [1.54, 1.807) is 6.20 Å². The number of pyridine rings is 1. The Labute approximate surface area is 198 Å². The molecule has 34 heavy (non-hydrogen) atoms. The van der Waals surface area contributed by atoms with E-state index in [2.05, 4.69) is 9.97 Å². The summed E-state index contributed by atoms with van der Waals surface area (Å²) in [6, 6.07) is 12.1. The Kier molecular flexibility index (Phi) is 5.89. The van der Waals surface area contributed by atoms with Crippen LogP contribution in [0.3, 0.4) is 0 Å². The van der Waals surface area contributed by atoms with Gasteiger partial charge in [-0.1, -0.05) is 30.3 Å². The van der Waals surface area contributed by atoms with E-state index in [0.29, 0.717) is 30.0 Å². The largest absolute Gasteiger partial charge is 0.417 e. The average Bonchev–Trinajstić information content (AvgIpc) is 3.41. The molecule has 5 rings (SSSR count). The van der Waals surface area contributed by atoms with Crippen LogP contribution >= 0.6 is 11.3 Å². The van der Waals surface area contributed by atoms with Crippen molar-refractivity contribution < 1.29 is 18.0 Å². The normalized spacial score (nSPS) is 16.8. The van der Waals surface area contributed by atoms with E-state index in [0.717, 1.165) is 47.0 Å². The third-order valence-electron chi connectivity index (χ3n) is 6.13. The van der Waals surface area contributed by atoms with Crippen molar-refractivity contribution in [3.63, 3.8) is 0 Å². The van der Waals surface area contributed by atoms with Gasteiger partial charge < -0.3 is 9.30 Å². The SMILES string of the molecule is Cc1nc(C(=O)N2CCCC[C@H]2Cc2cn3cc(C(F)(F)F)ccc3n2)c(-c2ccccc2)s1. The number of alkyl halides is 3. The van der Waals surface area contributed by atoms with E-state index in [1.165, 1.54) is 21.8 Å². The highest BCUT2D eigenvalue weighted by molar-refractivity contribution is 7.15. The fraction of sp³-hybridized carbons (Fsp3) is 0.320. The van der Waals surface area contributed by atoms with Crippen LogP contribution in [0.1, 0.15) is 46.0 Å². The highest BCUT2D eigenvalue weighted by Crippen LogP contribution is 2.33. The van der Waals surface area contributed by atoms with Crippen LogP contribution in [0.5, 0.6) is 0 Å². The number of rotatable bonds is 4. The summed E-state index contributed by atoms with van der Waals surface area (Å²) in [5.74, 6) is -0.101. The number of hydrogen-bond donors (Lipinski definition) is 0. The molecule has 1 aromatic carbocycles. The first-order valence-electron chi connectivity index (χ1n) is 11.2. The monoisotopic (exact) mass is 484 g/mol. The topological polar surface area (TPSA) is 50.5 Å². The Morgan fingerprint density at radius 1 is 1.09 bits per heavy atom. The summed E-state index contributed by atoms with van der Waals surface area (Å²) in [7, 11) is 0. The van der Waals surface area contributed by atoms with Crippen molar-refractivity contribution in [1.29, 1.82) is 0 Å². The molecule has 9 heteroatoms. The number of nitrogens with zero attached hydrogens (tertiary/aromatic N) is 4. The third kappa shape index (κ3) is 4.44. The maximum atomic E-state index is 13.7. The number of piperidine rings is 1. The van der Waals surface area contributed by atoms with Crippen LogP contribution in [0, 0.1) is 6.92 Å². The Hall–Kier alpha value is -3.20. The number of aryl methyl sites for hydroxylation is 1. The Morgan fingerprint density at radius 2 is 1.88 bits per heavy atom. The smallest absolute Gasteiger partial charge is 0.334 e. The first-order valence-corrected chi connectivity index (χ1v) is 12.0. The van der Waals surface area contributed by atoms with E-state index in [4.69, 9.17) is 0 Å². The number of hydrogen-bond acceptors (Lipinski definition) is 4. The van der Waals surface area contributed by atoms with Crippen LogP contribution in [0.15, 0.2) is 54.9 Å². The lowest BCUT2D eigenvalue weighted by Crippen LogP contribution is -2.45. The zero-order valence-electron chi connectivity index (χ0n) is 18.5. The summed E-state index contributed by atoms with van der Waals surface area (Å²) >= 11 is 1.51. The van der Waals surface area contributed by atoms with E-state index in [9.17, 15) is 18.0 Å². The molecule has 0 saturated carbocycles. The van der Waals surface area contributed by atoms with Crippen LogP contribution in [0.4, 0.5) is 13.2 Å². The molecular weight excluding hydrogens is 461 g/mol. The fourth-order valence-electron chi connectivity index (χ4n) is 4.53. The van der Waals surface area contributed by atoms with Crippen molar-refractivity contribution in [2.75, 3.05) is 6.54 Å². The molecular formula is C25H23F3N4OS. The van der Waals surface area contributed by atoms with Gasteiger partial charge in [-0.25, -0.2) is 9.97 Å². The average molecular weight is 485 g/mol. The molecule has 0 unspecified atom stereocenters. The Bertz CT molecular complexity index is 1330. The lowest BCUT2D eigenvalue weighted by Gasteiger charge is -2.35. The Morgan fingerprint density at radius 3 is 2.65 bits per heavy atom. The van der Waals surface area contributed by atoms with Gasteiger partial charge in [-0.15, -0.1) is 11.3 Å². The second-order valence-electron chi connectivity index (χ2n) is 8.54. The molecule has 0 spiro atoms. The van der Waals surface area contributed by atoms with Crippen molar-refractivity contribution >= 4 is 22.9 Å². The summed E-state index contributed by atoms with van der Waals surface area (Å²) in [6.45, 7) is 2.52. The number of carbonyl (C=O) groups is 1. The number of halogens is 3. The summed E-state index contributed by atoms with van der Waals surface area (Å²) in [5.41, 5.74) is 1.84. The van der Waals surface area contributed by atoms with E-state index in [-0.39, 0.29) is 11.9 Å². The van der Waals surface area contributed by atoms with Crippen LogP contribution in [-0.4, -0.2) is 37.8 Å². The van der Waals surface area contributed by atoms with Crippen LogP contribution in [0.2, 0.25) is 0 Å². The molecule has 0 bridgehead atoms. The second-order valence-corrected chi connectivity index (χ2v) is 9.75. The molecule has 1 amide bonds. The number of thiazole rings is 1. The van der Waals surface area contributed by atoms with Gasteiger partial charge in [0.15, 0.2) is 0 Å². The Balaban J connectivity index is 1.42. The van der Waals surface area contributed by atoms with Crippen molar-refractivity contribution in [1.82, 2.24) is 19.3 Å². The van der Waals surface area contributed by atoms with E-state index >= 15 is 0 Å². The standard InChI is InChI=1S/C25H23F3N4OS/c1-16-29-22(23(34-16)17-7-3-2-4-8-17)24(33)32-12-6-5-9-20(32)13-19-15-31-14-18(25(26,27)28)10-11-21(31)30-19/h2-4,7-8,10-11,14-15,20H,5-6,9,12-13H2,1H3/t20-/m0/s1. The second kappa shape index (κ2) is 8.87. The summed E-state index contributed by atoms with van der Waals surface area (Å²) < 4.78 is 40.6. The molecule has 4 aromatic rings. The summed E-state index contributed by atoms with van der Waals surface area (Å²) in [5, 5.41) is 0.830.